The van der Waals surface area contributed by atoms with Gasteiger partial charge >= 0.3 is 0 Å². The van der Waals surface area contributed by atoms with Crippen molar-refractivity contribution in [3.05, 3.63) is 23.8 Å². The lowest BCUT2D eigenvalue weighted by atomic mass is 10.1. The molecule has 1 aliphatic heterocycles. The number of amides is 1. The minimum absolute atomic E-state index is 0.117. The van der Waals surface area contributed by atoms with Crippen molar-refractivity contribution in [2.75, 3.05) is 18.5 Å². The van der Waals surface area contributed by atoms with Crippen LogP contribution in [-0.2, 0) is 21.2 Å². The third-order valence-corrected chi connectivity index (χ3v) is 5.17. The van der Waals surface area contributed by atoms with Gasteiger partial charge in [-0.15, -0.1) is 0 Å². The zero-order valence-corrected chi connectivity index (χ0v) is 13.5. The van der Waals surface area contributed by atoms with E-state index in [0.29, 0.717) is 25.3 Å². The summed E-state index contributed by atoms with van der Waals surface area (Å²) in [5.74, 6) is 0.617. The van der Waals surface area contributed by atoms with E-state index in [9.17, 15) is 13.2 Å². The van der Waals surface area contributed by atoms with Crippen molar-refractivity contribution in [1.29, 1.82) is 0 Å². The summed E-state index contributed by atoms with van der Waals surface area (Å²) < 4.78 is 25.9. The van der Waals surface area contributed by atoms with Crippen LogP contribution >= 0.6 is 0 Å². The number of carbonyl (C=O) groups is 1. The van der Waals surface area contributed by atoms with E-state index in [1.54, 1.807) is 23.1 Å². The Morgan fingerprint density at radius 1 is 1.38 bits per heavy atom. The molecule has 1 aromatic carbocycles. The van der Waals surface area contributed by atoms with Gasteiger partial charge in [0.15, 0.2) is 0 Å². The first-order valence-corrected chi connectivity index (χ1v) is 8.70. The van der Waals surface area contributed by atoms with Gasteiger partial charge in [0, 0.05) is 18.7 Å². The zero-order valence-electron chi connectivity index (χ0n) is 12.7. The second-order valence-electron chi connectivity index (χ2n) is 5.73. The summed E-state index contributed by atoms with van der Waals surface area (Å²) >= 11 is 0. The molecule has 1 N–H and O–H groups in total. The Labute approximate surface area is 126 Å². The Hall–Kier alpha value is -1.40. The minimum atomic E-state index is -3.43. The van der Waals surface area contributed by atoms with Crippen molar-refractivity contribution in [2.45, 2.75) is 38.0 Å². The van der Waals surface area contributed by atoms with Crippen LogP contribution in [-0.4, -0.2) is 27.9 Å². The van der Waals surface area contributed by atoms with E-state index in [1.807, 2.05) is 0 Å². The van der Waals surface area contributed by atoms with E-state index in [-0.39, 0.29) is 10.8 Å². The quantitative estimate of drug-likeness (QED) is 0.903. The number of carbonyl (C=O) groups excluding carboxylic acids is 1. The molecule has 1 amide bonds. The number of anilines is 1. The fourth-order valence-corrected chi connectivity index (χ4v) is 3.25. The maximum absolute atomic E-state index is 12.2. The molecule has 0 fully saturated rings. The number of hydrogen-bond acceptors (Lipinski definition) is 3. The van der Waals surface area contributed by atoms with Gasteiger partial charge in [0.25, 0.3) is 0 Å². The molecule has 6 heteroatoms. The molecule has 5 nitrogen and oxygen atoms in total. The largest absolute Gasteiger partial charge is 0.312 e. The van der Waals surface area contributed by atoms with Gasteiger partial charge in [-0.25, -0.2) is 13.1 Å². The molecule has 0 radical (unpaired) electrons. The molecular formula is C15H22N2O3S. The highest BCUT2D eigenvalue weighted by molar-refractivity contribution is 7.89. The number of hydrogen-bond donors (Lipinski definition) is 1. The van der Waals surface area contributed by atoms with Gasteiger partial charge in [0.2, 0.25) is 15.9 Å². The lowest BCUT2D eigenvalue weighted by Crippen LogP contribution is -2.28. The molecule has 21 heavy (non-hydrogen) atoms. The lowest BCUT2D eigenvalue weighted by molar-refractivity contribution is -0.118. The number of sulfonamides is 1. The average Bonchev–Trinajstić information content (AvgIpc) is 2.87. The fraction of sp³-hybridized carbons (Fsp3) is 0.533. The van der Waals surface area contributed by atoms with Crippen molar-refractivity contribution in [1.82, 2.24) is 4.72 Å². The summed E-state index contributed by atoms with van der Waals surface area (Å²) in [6.07, 6.45) is 2.11. The van der Waals surface area contributed by atoms with Crippen LogP contribution in [0, 0.1) is 5.92 Å². The van der Waals surface area contributed by atoms with Crippen LogP contribution in [0.1, 0.15) is 32.3 Å². The third kappa shape index (κ3) is 3.44. The van der Waals surface area contributed by atoms with Crippen LogP contribution in [0.5, 0.6) is 0 Å². The minimum Gasteiger partial charge on any atom is -0.312 e. The molecular weight excluding hydrogens is 288 g/mol. The van der Waals surface area contributed by atoms with Gasteiger partial charge in [0.05, 0.1) is 4.90 Å². The summed E-state index contributed by atoms with van der Waals surface area (Å²) in [6, 6.07) is 4.95. The SMILES string of the molecule is CNS(=O)(=O)c1ccc2c(c1)CCN2C(=O)CCC(C)C. The van der Waals surface area contributed by atoms with Crippen LogP contribution < -0.4 is 9.62 Å². The molecule has 0 bridgehead atoms. The first-order valence-electron chi connectivity index (χ1n) is 7.22. The van der Waals surface area contributed by atoms with Crippen molar-refractivity contribution in [3.63, 3.8) is 0 Å². The zero-order chi connectivity index (χ0) is 15.6. The van der Waals surface area contributed by atoms with E-state index in [1.165, 1.54) is 7.05 Å². The van der Waals surface area contributed by atoms with Crippen molar-refractivity contribution in [3.8, 4) is 0 Å². The summed E-state index contributed by atoms with van der Waals surface area (Å²) in [5.41, 5.74) is 1.77. The monoisotopic (exact) mass is 310 g/mol. The molecule has 1 heterocycles. The topological polar surface area (TPSA) is 66.5 Å². The molecule has 1 aliphatic rings. The van der Waals surface area contributed by atoms with Gasteiger partial charge in [-0.2, -0.15) is 0 Å². The molecule has 0 spiro atoms. The van der Waals surface area contributed by atoms with Gasteiger partial charge in [-0.1, -0.05) is 13.8 Å². The Bertz CT molecular complexity index is 638. The van der Waals surface area contributed by atoms with Crippen LogP contribution in [0.15, 0.2) is 23.1 Å². The number of rotatable bonds is 5. The summed E-state index contributed by atoms with van der Waals surface area (Å²) in [6.45, 7) is 4.83. The number of fused-ring (bicyclic) bond motifs is 1. The molecule has 0 atom stereocenters. The van der Waals surface area contributed by atoms with Crippen molar-refractivity contribution < 1.29 is 13.2 Å². The molecule has 0 saturated carbocycles. The predicted molar refractivity (Wildman–Crippen MR) is 82.8 cm³/mol. The molecule has 0 unspecified atom stereocenters. The van der Waals surface area contributed by atoms with Gasteiger partial charge in [-0.3, -0.25) is 4.79 Å². The van der Waals surface area contributed by atoms with Crippen molar-refractivity contribution in [2.24, 2.45) is 5.92 Å². The standard InChI is InChI=1S/C15H22N2O3S/c1-11(2)4-7-15(18)17-9-8-12-10-13(5-6-14(12)17)21(19,20)16-3/h5-6,10-11,16H,4,7-9H2,1-3H3. The van der Waals surface area contributed by atoms with Crippen LogP contribution in [0.25, 0.3) is 0 Å². The molecule has 0 aliphatic carbocycles. The smallest absolute Gasteiger partial charge is 0.240 e. The maximum Gasteiger partial charge on any atom is 0.240 e. The van der Waals surface area contributed by atoms with Gasteiger partial charge in [0.1, 0.15) is 0 Å². The van der Waals surface area contributed by atoms with E-state index < -0.39 is 10.0 Å². The lowest BCUT2D eigenvalue weighted by Gasteiger charge is -2.18. The molecule has 116 valence electrons. The highest BCUT2D eigenvalue weighted by Crippen LogP contribution is 2.31. The highest BCUT2D eigenvalue weighted by Gasteiger charge is 2.26. The first kappa shape index (κ1) is 16.0. The molecule has 1 aromatic rings. The van der Waals surface area contributed by atoms with E-state index in [0.717, 1.165) is 17.7 Å². The number of benzene rings is 1. The fourth-order valence-electron chi connectivity index (χ4n) is 2.47. The molecule has 2 rings (SSSR count). The van der Waals surface area contributed by atoms with Crippen LogP contribution in [0.3, 0.4) is 0 Å². The normalized spacial score (nSPS) is 14.6. The second kappa shape index (κ2) is 6.15. The van der Waals surface area contributed by atoms with E-state index >= 15 is 0 Å². The Kier molecular flexibility index (Phi) is 4.68. The number of nitrogens with zero attached hydrogens (tertiary/aromatic N) is 1. The second-order valence-corrected chi connectivity index (χ2v) is 7.61. The third-order valence-electron chi connectivity index (χ3n) is 3.76. The summed E-state index contributed by atoms with van der Waals surface area (Å²) in [5, 5.41) is 0. The summed E-state index contributed by atoms with van der Waals surface area (Å²) in [4.78, 5) is 14.3. The van der Waals surface area contributed by atoms with E-state index in [4.69, 9.17) is 0 Å². The van der Waals surface area contributed by atoms with Gasteiger partial charge < -0.3 is 4.90 Å². The Morgan fingerprint density at radius 3 is 2.71 bits per heavy atom. The number of nitrogens with one attached hydrogen (secondary N) is 1. The Morgan fingerprint density at radius 2 is 2.10 bits per heavy atom. The predicted octanol–water partition coefficient (Wildman–Crippen LogP) is 1.92. The molecule has 0 aromatic heterocycles. The van der Waals surface area contributed by atoms with Crippen LogP contribution in [0.4, 0.5) is 5.69 Å². The Balaban J connectivity index is 2.20. The highest BCUT2D eigenvalue weighted by atomic mass is 32.2. The average molecular weight is 310 g/mol. The summed E-state index contributed by atoms with van der Waals surface area (Å²) in [7, 11) is -2.04. The van der Waals surface area contributed by atoms with E-state index in [2.05, 4.69) is 18.6 Å². The molecule has 0 saturated heterocycles. The first-order chi connectivity index (χ1) is 9.85. The maximum atomic E-state index is 12.2. The van der Waals surface area contributed by atoms with Gasteiger partial charge in [-0.05, 0) is 49.6 Å². The van der Waals surface area contributed by atoms with Crippen LogP contribution in [0.2, 0.25) is 0 Å². The van der Waals surface area contributed by atoms with Crippen molar-refractivity contribution >= 4 is 21.6 Å².